The summed E-state index contributed by atoms with van der Waals surface area (Å²) in [7, 11) is 1.59. The van der Waals surface area contributed by atoms with Crippen LogP contribution in [0.5, 0.6) is 0 Å². The summed E-state index contributed by atoms with van der Waals surface area (Å²) >= 11 is 0. The summed E-state index contributed by atoms with van der Waals surface area (Å²) in [5.74, 6) is 0.953. The van der Waals surface area contributed by atoms with Gasteiger partial charge in [0.05, 0.1) is 12.6 Å². The van der Waals surface area contributed by atoms with Gasteiger partial charge >= 0.3 is 0 Å². The Morgan fingerprint density at radius 3 is 2.88 bits per heavy atom. The van der Waals surface area contributed by atoms with Gasteiger partial charge in [0, 0.05) is 12.7 Å². The Hall–Kier alpha value is -1.72. The maximum absolute atomic E-state index is 5.82. The molecule has 0 radical (unpaired) electrons. The van der Waals surface area contributed by atoms with Crippen LogP contribution in [0.25, 0.3) is 11.5 Å². The molecular formula is C12H15N3O2. The zero-order valence-corrected chi connectivity index (χ0v) is 9.88. The summed E-state index contributed by atoms with van der Waals surface area (Å²) in [6.45, 7) is 2.36. The topological polar surface area (TPSA) is 74.2 Å². The van der Waals surface area contributed by atoms with E-state index in [-0.39, 0.29) is 6.04 Å². The van der Waals surface area contributed by atoms with Crippen LogP contribution in [0.4, 0.5) is 0 Å². The monoisotopic (exact) mass is 233 g/mol. The van der Waals surface area contributed by atoms with Gasteiger partial charge in [-0.25, -0.2) is 0 Å². The number of methoxy groups -OCH3 is 1. The van der Waals surface area contributed by atoms with Crippen molar-refractivity contribution in [3.63, 3.8) is 0 Å². The zero-order chi connectivity index (χ0) is 12.3. The quantitative estimate of drug-likeness (QED) is 0.869. The van der Waals surface area contributed by atoms with Crippen LogP contribution in [-0.2, 0) is 4.74 Å². The van der Waals surface area contributed by atoms with E-state index in [1.165, 1.54) is 0 Å². The van der Waals surface area contributed by atoms with Crippen molar-refractivity contribution in [3.05, 3.63) is 35.7 Å². The molecule has 1 heterocycles. The highest BCUT2D eigenvalue weighted by atomic mass is 16.5. The summed E-state index contributed by atoms with van der Waals surface area (Å²) in [4.78, 5) is 4.28. The molecule has 0 aliphatic rings. The predicted octanol–water partition coefficient (Wildman–Crippen LogP) is 1.69. The maximum Gasteiger partial charge on any atom is 0.258 e. The Labute approximate surface area is 99.6 Å². The molecule has 1 aromatic carbocycles. The molecule has 2 aromatic rings. The first-order chi connectivity index (χ1) is 8.22. The third kappa shape index (κ3) is 2.51. The Kier molecular flexibility index (Phi) is 3.51. The molecule has 17 heavy (non-hydrogen) atoms. The van der Waals surface area contributed by atoms with Gasteiger partial charge in [0.2, 0.25) is 0 Å². The van der Waals surface area contributed by atoms with Gasteiger partial charge in [-0.15, -0.1) is 0 Å². The molecule has 2 N–H and O–H groups in total. The number of hydrogen-bond acceptors (Lipinski definition) is 5. The fourth-order valence-corrected chi connectivity index (χ4v) is 1.56. The van der Waals surface area contributed by atoms with Crippen molar-refractivity contribution in [1.82, 2.24) is 10.1 Å². The third-order valence-corrected chi connectivity index (χ3v) is 2.50. The molecule has 2 rings (SSSR count). The van der Waals surface area contributed by atoms with Crippen molar-refractivity contribution in [2.75, 3.05) is 13.7 Å². The minimum absolute atomic E-state index is 0.360. The largest absolute Gasteiger partial charge is 0.383 e. The second kappa shape index (κ2) is 5.07. The van der Waals surface area contributed by atoms with Gasteiger partial charge in [-0.1, -0.05) is 23.4 Å². The molecule has 0 bridgehead atoms. The highest BCUT2D eigenvalue weighted by molar-refractivity contribution is 5.57. The van der Waals surface area contributed by atoms with Crippen LogP contribution >= 0.6 is 0 Å². The molecule has 0 fully saturated rings. The Morgan fingerprint density at radius 1 is 1.41 bits per heavy atom. The van der Waals surface area contributed by atoms with Gasteiger partial charge in [0.25, 0.3) is 5.89 Å². The Balaban J connectivity index is 2.27. The van der Waals surface area contributed by atoms with Crippen LogP contribution in [0.3, 0.4) is 0 Å². The molecule has 5 heteroatoms. The number of nitrogens with zero attached hydrogens (tertiary/aromatic N) is 2. The number of benzene rings is 1. The average Bonchev–Trinajstić information content (AvgIpc) is 2.79. The van der Waals surface area contributed by atoms with Gasteiger partial charge in [-0.2, -0.15) is 4.98 Å². The standard InChI is InChI=1S/C12H15N3O2/c1-8-5-3-4-6-9(8)12-14-11(15-17-12)10(13)7-16-2/h3-6,10H,7,13H2,1-2H3. The van der Waals surface area contributed by atoms with Gasteiger partial charge in [0.1, 0.15) is 0 Å². The second-order valence-corrected chi connectivity index (χ2v) is 3.83. The molecule has 0 spiro atoms. The molecule has 0 aliphatic heterocycles. The number of hydrogen-bond donors (Lipinski definition) is 1. The van der Waals surface area contributed by atoms with Crippen molar-refractivity contribution >= 4 is 0 Å². The first-order valence-corrected chi connectivity index (χ1v) is 5.36. The number of aryl methyl sites for hydroxylation is 1. The van der Waals surface area contributed by atoms with E-state index < -0.39 is 0 Å². The fourth-order valence-electron chi connectivity index (χ4n) is 1.56. The van der Waals surface area contributed by atoms with Gasteiger partial charge < -0.3 is 15.0 Å². The molecule has 5 nitrogen and oxygen atoms in total. The lowest BCUT2D eigenvalue weighted by atomic mass is 10.1. The van der Waals surface area contributed by atoms with Gasteiger partial charge in [0.15, 0.2) is 5.82 Å². The number of rotatable bonds is 4. The summed E-state index contributed by atoms with van der Waals surface area (Å²) in [6.07, 6.45) is 0. The zero-order valence-electron chi connectivity index (χ0n) is 9.88. The molecule has 1 aromatic heterocycles. The van der Waals surface area contributed by atoms with Crippen LogP contribution in [0.15, 0.2) is 28.8 Å². The van der Waals surface area contributed by atoms with Crippen LogP contribution in [0.1, 0.15) is 17.4 Å². The lowest BCUT2D eigenvalue weighted by Gasteiger charge is -2.03. The molecule has 0 aliphatic carbocycles. The Bertz CT molecular complexity index is 496. The van der Waals surface area contributed by atoms with Gasteiger partial charge in [-0.05, 0) is 18.6 Å². The molecule has 0 saturated heterocycles. The molecule has 1 atom stereocenters. The lowest BCUT2D eigenvalue weighted by Crippen LogP contribution is -2.17. The van der Waals surface area contributed by atoms with E-state index in [4.69, 9.17) is 15.0 Å². The van der Waals surface area contributed by atoms with E-state index in [0.29, 0.717) is 18.3 Å². The highest BCUT2D eigenvalue weighted by Crippen LogP contribution is 2.22. The highest BCUT2D eigenvalue weighted by Gasteiger charge is 2.15. The van der Waals surface area contributed by atoms with Crippen LogP contribution in [0, 0.1) is 6.92 Å². The van der Waals surface area contributed by atoms with E-state index >= 15 is 0 Å². The molecular weight excluding hydrogens is 218 g/mol. The molecule has 1 unspecified atom stereocenters. The van der Waals surface area contributed by atoms with Crippen molar-refractivity contribution < 1.29 is 9.26 Å². The fraction of sp³-hybridized carbons (Fsp3) is 0.333. The number of aromatic nitrogens is 2. The minimum atomic E-state index is -0.360. The summed E-state index contributed by atoms with van der Waals surface area (Å²) < 4.78 is 10.2. The van der Waals surface area contributed by atoms with Crippen LogP contribution in [0.2, 0.25) is 0 Å². The molecule has 0 amide bonds. The Morgan fingerprint density at radius 2 is 2.18 bits per heavy atom. The van der Waals surface area contributed by atoms with Crippen molar-refractivity contribution in [1.29, 1.82) is 0 Å². The van der Waals surface area contributed by atoms with Crippen molar-refractivity contribution in [3.8, 4) is 11.5 Å². The van der Waals surface area contributed by atoms with Crippen LogP contribution < -0.4 is 5.73 Å². The normalized spacial score (nSPS) is 12.6. The number of ether oxygens (including phenoxy) is 1. The van der Waals surface area contributed by atoms with Gasteiger partial charge in [-0.3, -0.25) is 0 Å². The first kappa shape index (κ1) is 11.8. The summed E-state index contributed by atoms with van der Waals surface area (Å²) in [5, 5.41) is 3.86. The maximum atomic E-state index is 5.82. The SMILES string of the molecule is COCC(N)c1noc(-c2ccccc2C)n1. The predicted molar refractivity (Wildman–Crippen MR) is 63.3 cm³/mol. The minimum Gasteiger partial charge on any atom is -0.383 e. The second-order valence-electron chi connectivity index (χ2n) is 3.83. The van der Waals surface area contributed by atoms with E-state index in [9.17, 15) is 0 Å². The molecule has 90 valence electrons. The first-order valence-electron chi connectivity index (χ1n) is 5.36. The summed E-state index contributed by atoms with van der Waals surface area (Å²) in [5.41, 5.74) is 7.84. The number of nitrogens with two attached hydrogens (primary N) is 1. The lowest BCUT2D eigenvalue weighted by molar-refractivity contribution is 0.177. The third-order valence-electron chi connectivity index (χ3n) is 2.50. The van der Waals surface area contributed by atoms with Crippen LogP contribution in [-0.4, -0.2) is 23.9 Å². The molecule has 0 saturated carbocycles. The van der Waals surface area contributed by atoms with Crippen molar-refractivity contribution in [2.24, 2.45) is 5.73 Å². The van der Waals surface area contributed by atoms with E-state index in [0.717, 1.165) is 11.1 Å². The van der Waals surface area contributed by atoms with E-state index in [1.54, 1.807) is 7.11 Å². The average molecular weight is 233 g/mol. The summed E-state index contributed by atoms with van der Waals surface area (Å²) in [6, 6.07) is 7.47. The smallest absolute Gasteiger partial charge is 0.258 e. The van der Waals surface area contributed by atoms with E-state index in [2.05, 4.69) is 10.1 Å². The van der Waals surface area contributed by atoms with Crippen molar-refractivity contribution in [2.45, 2.75) is 13.0 Å². The van der Waals surface area contributed by atoms with E-state index in [1.807, 2.05) is 31.2 Å².